The molecule has 1 aliphatic carbocycles. The molecule has 3 aromatic heterocycles. The van der Waals surface area contributed by atoms with Crippen LogP contribution in [0.5, 0.6) is 0 Å². The predicted molar refractivity (Wildman–Crippen MR) is 123 cm³/mol. The second-order valence-electron chi connectivity index (χ2n) is 7.68. The molecule has 3 nitrogen and oxygen atoms in total. The summed E-state index contributed by atoms with van der Waals surface area (Å²) in [7, 11) is 0. The van der Waals surface area contributed by atoms with E-state index in [2.05, 4.69) is 66.7 Å². The maximum absolute atomic E-state index is 5.19. The summed E-state index contributed by atoms with van der Waals surface area (Å²) in [5.74, 6) is 0. The number of nitrogens with zero attached hydrogens (tertiary/aromatic N) is 3. The lowest BCUT2D eigenvalue weighted by atomic mass is 9.74. The highest BCUT2D eigenvalue weighted by atomic mass is 14.8. The van der Waals surface area contributed by atoms with Crippen LogP contribution in [0.15, 0.2) is 116 Å². The minimum atomic E-state index is -0.667. The lowest BCUT2D eigenvalue weighted by Crippen LogP contribution is -2.31. The summed E-state index contributed by atoms with van der Waals surface area (Å²) in [5.41, 5.74) is 7.68. The fourth-order valence-corrected chi connectivity index (χ4v) is 4.74. The average molecular weight is 397 g/mol. The summed E-state index contributed by atoms with van der Waals surface area (Å²) in [5, 5.41) is 0. The Balaban J connectivity index is 1.72. The van der Waals surface area contributed by atoms with Gasteiger partial charge in [-0.15, -0.1) is 0 Å². The summed E-state index contributed by atoms with van der Waals surface area (Å²) in [4.78, 5) is 14.9. The molecule has 0 unspecified atom stereocenters. The van der Waals surface area contributed by atoms with E-state index in [1.54, 1.807) is 0 Å². The third-order valence-electron chi connectivity index (χ3n) is 6.04. The molecule has 0 bridgehead atoms. The van der Waals surface area contributed by atoms with Crippen LogP contribution >= 0.6 is 0 Å². The van der Waals surface area contributed by atoms with Gasteiger partial charge in [0.05, 0.1) is 22.8 Å². The Morgan fingerprint density at radius 2 is 1.26 bits per heavy atom. The number of fused-ring (bicyclic) bond motifs is 3. The van der Waals surface area contributed by atoms with Crippen molar-refractivity contribution >= 4 is 0 Å². The molecule has 5 aromatic rings. The van der Waals surface area contributed by atoms with E-state index in [1.807, 2.05) is 48.8 Å². The molecule has 0 spiro atoms. The van der Waals surface area contributed by atoms with Gasteiger partial charge in [0.1, 0.15) is 5.41 Å². The van der Waals surface area contributed by atoms with E-state index >= 15 is 0 Å². The Morgan fingerprint density at radius 1 is 0.516 bits per heavy atom. The van der Waals surface area contributed by atoms with E-state index in [1.165, 1.54) is 11.1 Å². The Bertz CT molecular complexity index is 1330. The van der Waals surface area contributed by atoms with Crippen molar-refractivity contribution in [1.82, 2.24) is 15.0 Å². The number of hydrogen-bond acceptors (Lipinski definition) is 3. The van der Waals surface area contributed by atoms with Crippen LogP contribution in [0.4, 0.5) is 0 Å². The molecule has 1 atom stereocenters. The molecule has 6 rings (SSSR count). The van der Waals surface area contributed by atoms with Crippen LogP contribution in [0.3, 0.4) is 0 Å². The van der Waals surface area contributed by atoms with Gasteiger partial charge in [-0.25, -0.2) is 0 Å². The van der Waals surface area contributed by atoms with Gasteiger partial charge in [0.25, 0.3) is 0 Å². The van der Waals surface area contributed by atoms with E-state index in [4.69, 9.17) is 15.0 Å². The summed E-state index contributed by atoms with van der Waals surface area (Å²) in [6.45, 7) is 0. The molecule has 146 valence electrons. The second-order valence-corrected chi connectivity index (χ2v) is 7.68. The van der Waals surface area contributed by atoms with Crippen molar-refractivity contribution in [2.45, 2.75) is 5.41 Å². The minimum absolute atomic E-state index is 0.667. The third-order valence-corrected chi connectivity index (χ3v) is 6.04. The Hall–Kier alpha value is -4.11. The second kappa shape index (κ2) is 6.99. The van der Waals surface area contributed by atoms with Gasteiger partial charge in [-0.05, 0) is 41.5 Å². The zero-order chi connectivity index (χ0) is 20.7. The van der Waals surface area contributed by atoms with Gasteiger partial charge in [-0.3, -0.25) is 15.0 Å². The largest absolute Gasteiger partial charge is 0.260 e. The van der Waals surface area contributed by atoms with E-state index in [-0.39, 0.29) is 0 Å². The molecule has 3 heteroatoms. The zero-order valence-corrected chi connectivity index (χ0v) is 16.8. The highest BCUT2D eigenvalue weighted by Gasteiger charge is 2.49. The van der Waals surface area contributed by atoms with Crippen molar-refractivity contribution in [3.8, 4) is 22.4 Å². The molecule has 3 heterocycles. The molecular formula is C28H19N3. The van der Waals surface area contributed by atoms with Gasteiger partial charge in [-0.2, -0.15) is 0 Å². The van der Waals surface area contributed by atoms with Crippen LogP contribution in [-0.2, 0) is 5.41 Å². The molecule has 0 radical (unpaired) electrons. The van der Waals surface area contributed by atoms with Crippen molar-refractivity contribution in [3.05, 3.63) is 138 Å². The normalized spacial score (nSPS) is 16.5. The average Bonchev–Trinajstić information content (AvgIpc) is 3.17. The topological polar surface area (TPSA) is 38.7 Å². The van der Waals surface area contributed by atoms with Crippen LogP contribution in [0, 0.1) is 0 Å². The molecule has 0 fully saturated rings. The molecule has 0 amide bonds. The fraction of sp³-hybridized carbons (Fsp3) is 0.0357. The van der Waals surface area contributed by atoms with E-state index in [0.717, 1.165) is 33.9 Å². The number of rotatable bonds is 3. The van der Waals surface area contributed by atoms with Gasteiger partial charge in [0.15, 0.2) is 0 Å². The number of benzene rings is 2. The van der Waals surface area contributed by atoms with Crippen molar-refractivity contribution in [2.24, 2.45) is 0 Å². The first-order valence-corrected chi connectivity index (χ1v) is 10.4. The highest BCUT2D eigenvalue weighted by Crippen LogP contribution is 2.54. The van der Waals surface area contributed by atoms with E-state index < -0.39 is 5.41 Å². The standard InChI is InChI=1S/C28H19N3/c1-2-10-20(11-3-1)24-15-8-17-26(31-24)28(25-16-6-7-18-29-25)23-14-5-4-12-21(23)22-13-9-19-30-27(22)28/h1-19H/t28-/m0/s1. The number of hydrogen-bond donors (Lipinski definition) is 0. The lowest BCUT2D eigenvalue weighted by Gasteiger charge is -2.30. The first-order chi connectivity index (χ1) is 15.4. The maximum Gasteiger partial charge on any atom is 0.123 e. The first kappa shape index (κ1) is 17.7. The number of pyridine rings is 3. The van der Waals surface area contributed by atoms with Crippen molar-refractivity contribution in [3.63, 3.8) is 0 Å². The Labute approximate surface area is 181 Å². The molecule has 0 aliphatic heterocycles. The quantitative estimate of drug-likeness (QED) is 0.373. The van der Waals surface area contributed by atoms with Gasteiger partial charge in [0, 0.05) is 23.5 Å². The molecule has 2 aromatic carbocycles. The van der Waals surface area contributed by atoms with Crippen LogP contribution in [-0.4, -0.2) is 15.0 Å². The summed E-state index contributed by atoms with van der Waals surface area (Å²) in [6, 6.07) is 35.3. The van der Waals surface area contributed by atoms with E-state index in [9.17, 15) is 0 Å². The van der Waals surface area contributed by atoms with Crippen LogP contribution in [0.1, 0.15) is 22.6 Å². The van der Waals surface area contributed by atoms with Gasteiger partial charge in [-0.1, -0.05) is 72.8 Å². The predicted octanol–water partition coefficient (Wildman–Crippen LogP) is 5.90. The molecule has 0 saturated carbocycles. The lowest BCUT2D eigenvalue weighted by molar-refractivity contribution is 0.684. The van der Waals surface area contributed by atoms with Crippen molar-refractivity contribution in [2.75, 3.05) is 0 Å². The Morgan fingerprint density at radius 3 is 2.13 bits per heavy atom. The van der Waals surface area contributed by atoms with Crippen molar-refractivity contribution in [1.29, 1.82) is 0 Å². The van der Waals surface area contributed by atoms with Gasteiger partial charge in [0.2, 0.25) is 0 Å². The molecule has 31 heavy (non-hydrogen) atoms. The zero-order valence-electron chi connectivity index (χ0n) is 16.8. The monoisotopic (exact) mass is 397 g/mol. The van der Waals surface area contributed by atoms with Crippen molar-refractivity contribution < 1.29 is 0 Å². The molecule has 0 N–H and O–H groups in total. The van der Waals surface area contributed by atoms with Gasteiger partial charge >= 0.3 is 0 Å². The smallest absolute Gasteiger partial charge is 0.123 e. The van der Waals surface area contributed by atoms with Crippen LogP contribution < -0.4 is 0 Å². The minimum Gasteiger partial charge on any atom is -0.260 e. The van der Waals surface area contributed by atoms with Crippen LogP contribution in [0.2, 0.25) is 0 Å². The molecule has 0 saturated heterocycles. The molecule has 1 aliphatic rings. The molecular weight excluding hydrogens is 378 g/mol. The highest BCUT2D eigenvalue weighted by molar-refractivity contribution is 5.84. The summed E-state index contributed by atoms with van der Waals surface area (Å²) in [6.07, 6.45) is 3.71. The van der Waals surface area contributed by atoms with E-state index in [0.29, 0.717) is 0 Å². The number of aromatic nitrogens is 3. The van der Waals surface area contributed by atoms with Crippen LogP contribution in [0.25, 0.3) is 22.4 Å². The Kier molecular flexibility index (Phi) is 4.00. The summed E-state index contributed by atoms with van der Waals surface area (Å²) < 4.78 is 0. The van der Waals surface area contributed by atoms with Gasteiger partial charge < -0.3 is 0 Å². The first-order valence-electron chi connectivity index (χ1n) is 10.4. The fourth-order valence-electron chi connectivity index (χ4n) is 4.74. The maximum atomic E-state index is 5.19. The third kappa shape index (κ3) is 2.57. The summed E-state index contributed by atoms with van der Waals surface area (Å²) >= 11 is 0. The SMILES string of the molecule is c1ccc(-c2cccc([C@@]3(c4ccccn4)c4ccccc4-c4cccnc43)n2)cc1.